The molecule has 0 saturated carbocycles. The van der Waals surface area contributed by atoms with E-state index in [9.17, 15) is 10.2 Å². The maximum absolute atomic E-state index is 10.00. The Hall–Kier alpha value is -1.40. The Kier molecular flexibility index (Phi) is 3.46. The van der Waals surface area contributed by atoms with Crippen LogP contribution in [0.15, 0.2) is 18.2 Å². The molecule has 1 saturated heterocycles. The third-order valence-corrected chi connectivity index (χ3v) is 5.22. The molecule has 2 unspecified atom stereocenters. The second kappa shape index (κ2) is 5.35. The van der Waals surface area contributed by atoms with E-state index in [4.69, 9.17) is 4.74 Å². The fraction of sp³-hybridized carbons (Fsp3) is 0.529. The third-order valence-electron chi connectivity index (χ3n) is 5.22. The van der Waals surface area contributed by atoms with E-state index in [1.165, 1.54) is 16.5 Å². The predicted molar refractivity (Wildman–Crippen MR) is 84.0 cm³/mol. The Bertz CT molecular complexity index is 693. The summed E-state index contributed by atoms with van der Waals surface area (Å²) < 4.78 is 5.43. The van der Waals surface area contributed by atoms with Crippen LogP contribution in [0.3, 0.4) is 0 Å². The molecule has 2 heterocycles. The van der Waals surface area contributed by atoms with Crippen LogP contribution in [0.2, 0.25) is 0 Å². The fourth-order valence-corrected chi connectivity index (χ4v) is 4.19. The second-order valence-electron chi connectivity index (χ2n) is 6.41. The highest BCUT2D eigenvalue weighted by Crippen LogP contribution is 2.43. The molecule has 0 spiro atoms. The molecule has 1 fully saturated rings. The Morgan fingerprint density at radius 1 is 1.41 bits per heavy atom. The lowest BCUT2D eigenvalue weighted by atomic mass is 9.74. The molecule has 1 aromatic heterocycles. The summed E-state index contributed by atoms with van der Waals surface area (Å²) in [6.07, 6.45) is 1.12. The first-order valence-electron chi connectivity index (χ1n) is 7.91. The summed E-state index contributed by atoms with van der Waals surface area (Å²) in [5.41, 5.74) is 4.62. The molecular formula is C17H22N2O3. The molecule has 22 heavy (non-hydrogen) atoms. The zero-order valence-corrected chi connectivity index (χ0v) is 12.7. The maximum Gasteiger partial charge on any atom is 0.120 e. The van der Waals surface area contributed by atoms with Gasteiger partial charge in [0.1, 0.15) is 6.10 Å². The van der Waals surface area contributed by atoms with Crippen molar-refractivity contribution >= 4 is 10.9 Å². The molecule has 0 radical (unpaired) electrons. The molecule has 1 aromatic carbocycles. The molecule has 0 amide bonds. The van der Waals surface area contributed by atoms with Gasteiger partial charge >= 0.3 is 0 Å². The zero-order chi connectivity index (χ0) is 15.3. The van der Waals surface area contributed by atoms with Crippen molar-refractivity contribution in [3.05, 3.63) is 35.0 Å². The molecule has 5 nitrogen and oxygen atoms in total. The molecule has 1 aliphatic heterocycles. The van der Waals surface area contributed by atoms with Gasteiger partial charge in [0.05, 0.1) is 18.4 Å². The van der Waals surface area contributed by atoms with Gasteiger partial charge in [-0.25, -0.2) is 0 Å². The van der Waals surface area contributed by atoms with E-state index in [0.717, 1.165) is 24.1 Å². The van der Waals surface area contributed by atoms with Gasteiger partial charge in [-0.05, 0) is 30.0 Å². The van der Waals surface area contributed by atoms with Gasteiger partial charge in [0.25, 0.3) is 0 Å². The first-order valence-corrected chi connectivity index (χ1v) is 7.91. The number of ether oxygens (including phenoxy) is 1. The van der Waals surface area contributed by atoms with Crippen LogP contribution in [0.4, 0.5) is 0 Å². The van der Waals surface area contributed by atoms with Crippen LogP contribution >= 0.6 is 0 Å². The number of hydrogen-bond donors (Lipinski definition) is 4. The van der Waals surface area contributed by atoms with E-state index < -0.39 is 0 Å². The van der Waals surface area contributed by atoms with Gasteiger partial charge in [-0.15, -0.1) is 0 Å². The van der Waals surface area contributed by atoms with Gasteiger partial charge in [-0.2, -0.15) is 0 Å². The Morgan fingerprint density at radius 3 is 3.05 bits per heavy atom. The highest BCUT2D eigenvalue weighted by molar-refractivity contribution is 5.90. The quantitative estimate of drug-likeness (QED) is 0.687. The normalized spacial score (nSPS) is 28.6. The first-order chi connectivity index (χ1) is 10.7. The number of methoxy groups -OCH3 is 1. The van der Waals surface area contributed by atoms with Crippen LogP contribution in [0.25, 0.3) is 10.9 Å². The highest BCUT2D eigenvalue weighted by atomic mass is 16.5. The van der Waals surface area contributed by atoms with Crippen LogP contribution in [-0.2, 0) is 11.2 Å². The van der Waals surface area contributed by atoms with Crippen molar-refractivity contribution in [1.29, 1.82) is 0 Å². The molecule has 4 rings (SSSR count). The number of rotatable bonds is 3. The van der Waals surface area contributed by atoms with Gasteiger partial charge in [0, 0.05) is 36.5 Å². The van der Waals surface area contributed by atoms with E-state index in [2.05, 4.69) is 28.5 Å². The van der Waals surface area contributed by atoms with E-state index in [1.807, 2.05) is 0 Å². The average Bonchev–Trinajstić information content (AvgIpc) is 2.90. The number of β-amino-alcohol motifs (C(OH)–C–C–N with tert-alkyl or cyclic N) is 1. The van der Waals surface area contributed by atoms with Crippen molar-refractivity contribution < 1.29 is 14.9 Å². The van der Waals surface area contributed by atoms with Gasteiger partial charge in [-0.3, -0.25) is 0 Å². The highest BCUT2D eigenvalue weighted by Gasteiger charge is 2.37. The Balaban J connectivity index is 1.89. The minimum Gasteiger partial charge on any atom is -0.393 e. The molecule has 0 bridgehead atoms. The standard InChI is InChI=1S/C17H22N2O3/c1-22-15(8-20)17-12-6-14-11(5-9(21)7-18-14)10-3-2-4-13(19-17)16(10)12/h2-4,9,11,14-15,18-21H,5-8H2,1H3/t9-,11?,14-,15?/m1/s1. The molecule has 4 atom stereocenters. The summed E-state index contributed by atoms with van der Waals surface area (Å²) in [6, 6.07) is 6.64. The number of aromatic amines is 1. The molecule has 118 valence electrons. The number of aliphatic hydroxyl groups excluding tert-OH is 2. The number of nitrogens with one attached hydrogen (secondary N) is 2. The van der Waals surface area contributed by atoms with Crippen LogP contribution in [0, 0.1) is 0 Å². The Labute approximate surface area is 129 Å². The van der Waals surface area contributed by atoms with Crippen molar-refractivity contribution in [3.8, 4) is 0 Å². The number of aromatic nitrogens is 1. The van der Waals surface area contributed by atoms with Crippen LogP contribution in [0.5, 0.6) is 0 Å². The SMILES string of the molecule is COC(CO)c1[nH]c2cccc3c2c1C[C@H]1NC[C@H](O)CC31. The van der Waals surface area contributed by atoms with Crippen LogP contribution < -0.4 is 5.32 Å². The largest absolute Gasteiger partial charge is 0.393 e. The molecule has 2 aliphatic rings. The number of H-pyrrole nitrogens is 1. The molecule has 1 aliphatic carbocycles. The summed E-state index contributed by atoms with van der Waals surface area (Å²) in [7, 11) is 1.63. The monoisotopic (exact) mass is 302 g/mol. The van der Waals surface area contributed by atoms with E-state index >= 15 is 0 Å². The minimum absolute atomic E-state index is 0.0358. The van der Waals surface area contributed by atoms with Crippen LogP contribution in [-0.4, -0.2) is 47.6 Å². The van der Waals surface area contributed by atoms with Crippen LogP contribution in [0.1, 0.15) is 35.3 Å². The minimum atomic E-state index is -0.319. The summed E-state index contributed by atoms with van der Waals surface area (Å²) in [5, 5.41) is 24.3. The molecule has 2 aromatic rings. The maximum atomic E-state index is 10.00. The summed E-state index contributed by atoms with van der Waals surface area (Å²) in [5.74, 6) is 0.346. The van der Waals surface area contributed by atoms with Crippen molar-refractivity contribution in [1.82, 2.24) is 10.3 Å². The molecule has 5 heteroatoms. The predicted octanol–water partition coefficient (Wildman–Crippen LogP) is 1.21. The van der Waals surface area contributed by atoms with Gasteiger partial charge < -0.3 is 25.3 Å². The lowest BCUT2D eigenvalue weighted by Crippen LogP contribution is -2.48. The van der Waals surface area contributed by atoms with Crippen molar-refractivity contribution in [3.63, 3.8) is 0 Å². The lowest BCUT2D eigenvalue weighted by Gasteiger charge is -2.39. The number of hydrogen-bond acceptors (Lipinski definition) is 4. The summed E-state index contributed by atoms with van der Waals surface area (Å²) in [6.45, 7) is 0.617. The van der Waals surface area contributed by atoms with Crippen molar-refractivity contribution in [2.24, 2.45) is 0 Å². The van der Waals surface area contributed by atoms with Gasteiger partial charge in [0.2, 0.25) is 0 Å². The summed E-state index contributed by atoms with van der Waals surface area (Å²) in [4.78, 5) is 3.44. The van der Waals surface area contributed by atoms with Gasteiger partial charge in [-0.1, -0.05) is 12.1 Å². The van der Waals surface area contributed by atoms with E-state index in [-0.39, 0.29) is 18.8 Å². The second-order valence-corrected chi connectivity index (χ2v) is 6.41. The topological polar surface area (TPSA) is 77.5 Å². The number of fused-ring (bicyclic) bond motifs is 2. The third kappa shape index (κ3) is 2.01. The van der Waals surface area contributed by atoms with Gasteiger partial charge in [0.15, 0.2) is 0 Å². The van der Waals surface area contributed by atoms with E-state index in [0.29, 0.717) is 18.5 Å². The molecular weight excluding hydrogens is 280 g/mol. The lowest BCUT2D eigenvalue weighted by molar-refractivity contribution is 0.0450. The average molecular weight is 302 g/mol. The number of benzene rings is 1. The van der Waals surface area contributed by atoms with Crippen molar-refractivity contribution in [2.75, 3.05) is 20.3 Å². The Morgan fingerprint density at radius 2 is 2.27 bits per heavy atom. The first kappa shape index (κ1) is 14.2. The smallest absolute Gasteiger partial charge is 0.120 e. The molecule has 4 N–H and O–H groups in total. The fourth-order valence-electron chi connectivity index (χ4n) is 4.19. The zero-order valence-electron chi connectivity index (χ0n) is 12.7. The van der Waals surface area contributed by atoms with Crippen molar-refractivity contribution in [2.45, 2.75) is 37.0 Å². The number of piperidine rings is 1. The van der Waals surface area contributed by atoms with E-state index in [1.54, 1.807) is 7.11 Å². The summed E-state index contributed by atoms with van der Waals surface area (Å²) >= 11 is 0. The number of aliphatic hydroxyl groups is 2.